The summed E-state index contributed by atoms with van der Waals surface area (Å²) in [5.74, 6) is 0. The molecule has 1 N–H and O–H groups in total. The summed E-state index contributed by atoms with van der Waals surface area (Å²) in [4.78, 5) is 0. The van der Waals surface area contributed by atoms with Gasteiger partial charge >= 0.3 is 182 Å². The summed E-state index contributed by atoms with van der Waals surface area (Å²) < 4.78 is 1.55. The Morgan fingerprint density at radius 2 is 1.07 bits per heavy atom. The molecule has 2 aromatic rings. The van der Waals surface area contributed by atoms with Crippen LogP contribution in [-0.4, -0.2) is 22.5 Å². The van der Waals surface area contributed by atoms with E-state index in [0.717, 1.165) is 0 Å². The van der Waals surface area contributed by atoms with Crippen LogP contribution in [0.2, 0.25) is 0 Å². The number of hydrogen-bond acceptors (Lipinski definition) is 1. The van der Waals surface area contributed by atoms with Crippen LogP contribution in [0, 0.1) is 0 Å². The first-order chi connectivity index (χ1) is 12.8. The van der Waals surface area contributed by atoms with Gasteiger partial charge in [0.2, 0.25) is 0 Å². The molecule has 0 atom stereocenters. The van der Waals surface area contributed by atoms with Crippen molar-refractivity contribution in [3.05, 3.63) is 48.5 Å². The van der Waals surface area contributed by atoms with Gasteiger partial charge in [-0.2, -0.15) is 0 Å². The van der Waals surface area contributed by atoms with Gasteiger partial charge in [-0.1, -0.05) is 0 Å². The second-order valence-electron chi connectivity index (χ2n) is 10.7. The summed E-state index contributed by atoms with van der Waals surface area (Å²) in [6.07, 6.45) is 0. The number of para-hydroxylation sites is 1. The zero-order chi connectivity index (χ0) is 21.4. The Morgan fingerprint density at radius 1 is 0.643 bits per heavy atom. The van der Waals surface area contributed by atoms with Crippen LogP contribution >= 0.6 is 5.45 Å². The van der Waals surface area contributed by atoms with Crippen molar-refractivity contribution in [1.82, 2.24) is 0 Å². The van der Waals surface area contributed by atoms with E-state index in [4.69, 9.17) is 0 Å². The quantitative estimate of drug-likeness (QED) is 0.353. The Balaban J connectivity index is 2.75. The molecule has 0 fully saturated rings. The van der Waals surface area contributed by atoms with E-state index in [-0.39, 0.29) is 0 Å². The van der Waals surface area contributed by atoms with E-state index in [0.29, 0.717) is 33.0 Å². The average molecular weight is 492 g/mol. The first kappa shape index (κ1) is 23.6. The van der Waals surface area contributed by atoms with E-state index in [9.17, 15) is 0 Å². The second-order valence-corrected chi connectivity index (χ2v) is 22.1. The molecule has 0 heterocycles. The molecule has 0 aromatic heterocycles. The van der Waals surface area contributed by atoms with Crippen LogP contribution in [0.1, 0.15) is 62.3 Å². The third-order valence-corrected chi connectivity index (χ3v) is 26.0. The second kappa shape index (κ2) is 8.22. The summed E-state index contributed by atoms with van der Waals surface area (Å²) in [6.45, 7) is 22.5. The van der Waals surface area contributed by atoms with Crippen molar-refractivity contribution in [3.8, 4) is 11.1 Å². The molecule has 1 nitrogen and oxygen atoms in total. The molecule has 0 saturated heterocycles. The molecule has 28 heavy (non-hydrogen) atoms. The Bertz CT molecular complexity index is 770. The van der Waals surface area contributed by atoms with Gasteiger partial charge in [0.15, 0.2) is 0 Å². The molecule has 2 rings (SSSR count). The molecule has 0 saturated carbocycles. The van der Waals surface area contributed by atoms with Crippen molar-refractivity contribution in [2.24, 2.45) is 0 Å². The van der Waals surface area contributed by atoms with E-state index in [1.807, 2.05) is 7.05 Å². The molecule has 2 aromatic carbocycles. The summed E-state index contributed by atoms with van der Waals surface area (Å²) in [5.41, 5.74) is 2.12. The van der Waals surface area contributed by atoms with Gasteiger partial charge in [-0.15, -0.1) is 0 Å². The van der Waals surface area contributed by atoms with Crippen molar-refractivity contribution >= 4 is 15.2 Å². The molecule has 0 unspecified atom stereocenters. The molecular weight excluding hydrogens is 452 g/mol. The van der Waals surface area contributed by atoms with Crippen LogP contribution < -0.4 is 9.35 Å². The van der Waals surface area contributed by atoms with Crippen LogP contribution in [0.3, 0.4) is 0 Å². The maximum absolute atomic E-state index is 3.39. The minimum absolute atomic E-state index is 0.313. The molecule has 0 spiro atoms. The fraction of sp³-hybridized carbons (Fsp3) is 0.520. The minimum atomic E-state index is -1.80. The summed E-state index contributed by atoms with van der Waals surface area (Å²) in [7, 11) is 2.02. The number of benzene rings is 2. The van der Waals surface area contributed by atoms with Gasteiger partial charge in [0.25, 0.3) is 0 Å². The number of nitrogens with one attached hydrogen (secondary N) is 1. The van der Waals surface area contributed by atoms with Gasteiger partial charge in [-0.3, -0.25) is 0 Å². The summed E-state index contributed by atoms with van der Waals surface area (Å²) in [6, 6.07) is 17.8. The van der Waals surface area contributed by atoms with E-state index in [2.05, 4.69) is 116 Å². The third-order valence-electron chi connectivity index (χ3n) is 5.50. The Labute approximate surface area is 182 Å². The first-order valence-corrected chi connectivity index (χ1v) is 15.1. The Kier molecular flexibility index (Phi) is 6.93. The van der Waals surface area contributed by atoms with Crippen molar-refractivity contribution < 1.29 is 17.5 Å². The SMILES string of the molecule is CNc1ccccc1-c1cccc[c]1[Pd][PH](C(C)(C)C)(C(C)(C)C)C(C)(C)C. The van der Waals surface area contributed by atoms with Crippen LogP contribution in [0.15, 0.2) is 48.5 Å². The van der Waals surface area contributed by atoms with Crippen LogP contribution in [0.4, 0.5) is 5.69 Å². The third kappa shape index (κ3) is 4.26. The number of hydrogen-bond donors (Lipinski definition) is 1. The number of rotatable bonds is 4. The standard InChI is InChI=1S/C13H12N.C12H27P.Pd/c1-14-13-10-6-5-9-12(13)11-7-3-2-4-8-11;1-10(2,3)13(11(4,5)6)12(7,8)9;/h2-7,9-10,14H,1H3;1-9H3;/q;;-1/p+1. The topological polar surface area (TPSA) is 12.0 Å². The van der Waals surface area contributed by atoms with E-state index < -0.39 is 5.45 Å². The molecule has 0 amide bonds. The van der Waals surface area contributed by atoms with Gasteiger partial charge in [0.1, 0.15) is 0 Å². The Morgan fingerprint density at radius 3 is 1.54 bits per heavy atom. The van der Waals surface area contributed by atoms with Gasteiger partial charge < -0.3 is 0 Å². The van der Waals surface area contributed by atoms with Gasteiger partial charge in [0.05, 0.1) is 0 Å². The molecular formula is C25H40NPPd. The van der Waals surface area contributed by atoms with Crippen molar-refractivity contribution in [1.29, 1.82) is 0 Å². The fourth-order valence-corrected chi connectivity index (χ4v) is 22.0. The van der Waals surface area contributed by atoms with Crippen LogP contribution in [-0.2, 0) is 17.5 Å². The predicted molar refractivity (Wildman–Crippen MR) is 129 cm³/mol. The van der Waals surface area contributed by atoms with E-state index >= 15 is 0 Å². The fourth-order valence-electron chi connectivity index (χ4n) is 5.52. The average Bonchev–Trinajstić information content (AvgIpc) is 2.56. The molecule has 0 aliphatic rings. The molecule has 160 valence electrons. The summed E-state index contributed by atoms with van der Waals surface area (Å²) in [5, 5.41) is 4.33. The van der Waals surface area contributed by atoms with Crippen LogP contribution in [0.5, 0.6) is 0 Å². The van der Waals surface area contributed by atoms with E-state index in [1.54, 1.807) is 4.04 Å². The Hall–Kier alpha value is -0.668. The molecule has 0 aliphatic carbocycles. The zero-order valence-electron chi connectivity index (χ0n) is 19.4. The summed E-state index contributed by atoms with van der Waals surface area (Å²) >= 11 is 0.582. The zero-order valence-corrected chi connectivity index (χ0v) is 22.0. The first-order valence-electron chi connectivity index (χ1n) is 10.2. The molecule has 0 bridgehead atoms. The van der Waals surface area contributed by atoms with Crippen molar-refractivity contribution in [2.45, 2.75) is 77.8 Å². The normalized spacial score (nSPS) is 14.2. The van der Waals surface area contributed by atoms with Gasteiger partial charge in [-0.25, -0.2) is 0 Å². The van der Waals surface area contributed by atoms with Crippen molar-refractivity contribution in [2.75, 3.05) is 12.4 Å². The van der Waals surface area contributed by atoms with Crippen molar-refractivity contribution in [3.63, 3.8) is 0 Å². The van der Waals surface area contributed by atoms with Crippen LogP contribution in [0.25, 0.3) is 11.1 Å². The van der Waals surface area contributed by atoms with E-state index in [1.165, 1.54) is 16.8 Å². The van der Waals surface area contributed by atoms with Gasteiger partial charge in [0, 0.05) is 0 Å². The predicted octanol–water partition coefficient (Wildman–Crippen LogP) is 7.16. The maximum atomic E-state index is 3.39. The molecule has 0 radical (unpaired) electrons. The molecule has 0 aliphatic heterocycles. The molecule has 3 heteroatoms. The monoisotopic (exact) mass is 491 g/mol. The van der Waals surface area contributed by atoms with Gasteiger partial charge in [-0.05, 0) is 0 Å². The number of anilines is 1.